The van der Waals surface area contributed by atoms with E-state index in [-0.39, 0.29) is 0 Å². The van der Waals surface area contributed by atoms with Crippen molar-refractivity contribution >= 4 is 22.5 Å². The normalized spacial score (nSPS) is 10.7. The van der Waals surface area contributed by atoms with Crippen LogP contribution in [0, 0.1) is 0 Å². The maximum Gasteiger partial charge on any atom is 0.0717 e. The molecule has 0 aliphatic heterocycles. The highest BCUT2D eigenvalue weighted by atomic mass is 35.5. The van der Waals surface area contributed by atoms with Gasteiger partial charge in [0.1, 0.15) is 0 Å². The Balaban J connectivity index is 2.58. The van der Waals surface area contributed by atoms with Crippen molar-refractivity contribution in [3.63, 3.8) is 0 Å². The summed E-state index contributed by atoms with van der Waals surface area (Å²) >= 11 is 6.09. The van der Waals surface area contributed by atoms with Gasteiger partial charge in [0.25, 0.3) is 0 Å². The number of fused-ring (bicyclic) bond motifs is 1. The first-order valence-corrected chi connectivity index (χ1v) is 5.22. The van der Waals surface area contributed by atoms with Crippen LogP contribution in [-0.4, -0.2) is 4.98 Å². The lowest BCUT2D eigenvalue weighted by Gasteiger charge is -2.02. The van der Waals surface area contributed by atoms with E-state index in [4.69, 9.17) is 11.6 Å². The van der Waals surface area contributed by atoms with Crippen LogP contribution in [0.25, 0.3) is 10.9 Å². The summed E-state index contributed by atoms with van der Waals surface area (Å²) in [7, 11) is 0. The zero-order valence-electron chi connectivity index (χ0n) is 8.13. The molecule has 0 radical (unpaired) electrons. The summed E-state index contributed by atoms with van der Waals surface area (Å²) < 4.78 is 0. The van der Waals surface area contributed by atoms with Crippen LogP contribution in [0.5, 0.6) is 0 Å². The topological polar surface area (TPSA) is 12.9 Å². The molecule has 1 aromatic heterocycles. The molecule has 0 spiro atoms. The van der Waals surface area contributed by atoms with Crippen molar-refractivity contribution in [3.05, 3.63) is 41.0 Å². The van der Waals surface area contributed by atoms with Gasteiger partial charge in [-0.3, -0.25) is 4.98 Å². The Hall–Kier alpha value is -1.08. The minimum Gasteiger partial charge on any atom is -0.256 e. The van der Waals surface area contributed by atoms with Gasteiger partial charge in [0, 0.05) is 11.6 Å². The molecule has 0 fully saturated rings. The van der Waals surface area contributed by atoms with Crippen LogP contribution in [0.15, 0.2) is 30.5 Å². The number of hydrogen-bond donors (Lipinski definition) is 0. The number of benzene rings is 1. The Morgan fingerprint density at radius 1 is 1.29 bits per heavy atom. The molecule has 1 nitrogen and oxygen atoms in total. The fourth-order valence-corrected chi connectivity index (χ4v) is 1.81. The summed E-state index contributed by atoms with van der Waals surface area (Å²) in [4.78, 5) is 4.26. The molecule has 0 N–H and O–H groups in total. The molecule has 1 heterocycles. The highest BCUT2D eigenvalue weighted by molar-refractivity contribution is 6.35. The lowest BCUT2D eigenvalue weighted by atomic mass is 10.1. The van der Waals surface area contributed by atoms with Gasteiger partial charge in [0.2, 0.25) is 0 Å². The third-order valence-electron chi connectivity index (χ3n) is 2.29. The minimum atomic E-state index is 0.785. The highest BCUT2D eigenvalue weighted by Crippen LogP contribution is 2.22. The molecule has 0 unspecified atom stereocenters. The first-order chi connectivity index (χ1) is 6.81. The Morgan fingerprint density at radius 2 is 2.14 bits per heavy atom. The molecule has 0 saturated carbocycles. The van der Waals surface area contributed by atoms with Crippen LogP contribution in [0.3, 0.4) is 0 Å². The van der Waals surface area contributed by atoms with E-state index in [2.05, 4.69) is 24.0 Å². The third kappa shape index (κ3) is 1.73. The number of rotatable bonds is 2. The number of hydrogen-bond acceptors (Lipinski definition) is 1. The summed E-state index contributed by atoms with van der Waals surface area (Å²) in [6, 6.07) is 8.12. The molecule has 0 amide bonds. The SMILES string of the molecule is CCCc1ccc2nccc(Cl)c2c1. The van der Waals surface area contributed by atoms with Crippen LogP contribution in [0.2, 0.25) is 5.02 Å². The molecule has 2 heteroatoms. The standard InChI is InChI=1S/C12H12ClN/c1-2-3-9-4-5-12-10(8-9)11(13)6-7-14-12/h4-8H,2-3H2,1H3. The van der Waals surface area contributed by atoms with E-state index in [0.29, 0.717) is 0 Å². The first kappa shape index (κ1) is 9.47. The van der Waals surface area contributed by atoms with Crippen molar-refractivity contribution in [3.8, 4) is 0 Å². The van der Waals surface area contributed by atoms with Crippen LogP contribution in [0.1, 0.15) is 18.9 Å². The average Bonchev–Trinajstić information content (AvgIpc) is 2.20. The van der Waals surface area contributed by atoms with E-state index in [1.165, 1.54) is 5.56 Å². The minimum absolute atomic E-state index is 0.785. The van der Waals surface area contributed by atoms with Gasteiger partial charge in [0.15, 0.2) is 0 Å². The predicted octanol–water partition coefficient (Wildman–Crippen LogP) is 3.84. The summed E-state index contributed by atoms with van der Waals surface area (Å²) in [5.41, 5.74) is 2.30. The number of halogens is 1. The second kappa shape index (κ2) is 3.97. The highest BCUT2D eigenvalue weighted by Gasteiger charge is 2.00. The van der Waals surface area contributed by atoms with Crippen molar-refractivity contribution in [2.45, 2.75) is 19.8 Å². The van der Waals surface area contributed by atoms with E-state index >= 15 is 0 Å². The molecular weight excluding hydrogens is 194 g/mol. The van der Waals surface area contributed by atoms with E-state index in [1.807, 2.05) is 12.1 Å². The van der Waals surface area contributed by atoms with Crippen LogP contribution in [-0.2, 0) is 6.42 Å². The molecule has 0 bridgehead atoms. The van der Waals surface area contributed by atoms with E-state index in [1.54, 1.807) is 6.20 Å². The molecule has 0 aliphatic carbocycles. The van der Waals surface area contributed by atoms with Gasteiger partial charge >= 0.3 is 0 Å². The lowest BCUT2D eigenvalue weighted by molar-refractivity contribution is 0.923. The zero-order chi connectivity index (χ0) is 9.97. The van der Waals surface area contributed by atoms with Crippen LogP contribution >= 0.6 is 11.6 Å². The number of pyridine rings is 1. The second-order valence-corrected chi connectivity index (χ2v) is 3.80. The summed E-state index contributed by atoms with van der Waals surface area (Å²) in [6.45, 7) is 2.18. The fourth-order valence-electron chi connectivity index (χ4n) is 1.60. The van der Waals surface area contributed by atoms with Crippen molar-refractivity contribution in [1.29, 1.82) is 0 Å². The Labute approximate surface area is 88.7 Å². The molecule has 72 valence electrons. The number of aryl methyl sites for hydroxylation is 1. The molecule has 1 aromatic carbocycles. The van der Waals surface area contributed by atoms with Gasteiger partial charge in [-0.1, -0.05) is 31.0 Å². The smallest absolute Gasteiger partial charge is 0.0717 e. The molecule has 0 saturated heterocycles. The number of aromatic nitrogens is 1. The van der Waals surface area contributed by atoms with E-state index in [0.717, 1.165) is 28.8 Å². The lowest BCUT2D eigenvalue weighted by Crippen LogP contribution is -1.85. The van der Waals surface area contributed by atoms with Crippen LogP contribution in [0.4, 0.5) is 0 Å². The molecule has 0 aliphatic rings. The van der Waals surface area contributed by atoms with E-state index in [9.17, 15) is 0 Å². The molecule has 14 heavy (non-hydrogen) atoms. The summed E-state index contributed by atoms with van der Waals surface area (Å²) in [6.07, 6.45) is 3.99. The van der Waals surface area contributed by atoms with Crippen molar-refractivity contribution < 1.29 is 0 Å². The summed E-state index contributed by atoms with van der Waals surface area (Å²) in [5, 5.41) is 1.84. The average molecular weight is 206 g/mol. The maximum atomic E-state index is 6.09. The van der Waals surface area contributed by atoms with Gasteiger partial charge in [-0.25, -0.2) is 0 Å². The van der Waals surface area contributed by atoms with Crippen molar-refractivity contribution in [1.82, 2.24) is 4.98 Å². The first-order valence-electron chi connectivity index (χ1n) is 4.84. The zero-order valence-corrected chi connectivity index (χ0v) is 8.88. The Kier molecular flexibility index (Phi) is 2.69. The Morgan fingerprint density at radius 3 is 2.93 bits per heavy atom. The largest absolute Gasteiger partial charge is 0.256 e. The predicted molar refractivity (Wildman–Crippen MR) is 60.7 cm³/mol. The van der Waals surface area contributed by atoms with Crippen LogP contribution < -0.4 is 0 Å². The maximum absolute atomic E-state index is 6.09. The van der Waals surface area contributed by atoms with Gasteiger partial charge < -0.3 is 0 Å². The summed E-state index contributed by atoms with van der Waals surface area (Å²) in [5.74, 6) is 0. The van der Waals surface area contributed by atoms with Crippen molar-refractivity contribution in [2.75, 3.05) is 0 Å². The second-order valence-electron chi connectivity index (χ2n) is 3.39. The van der Waals surface area contributed by atoms with Gasteiger partial charge in [-0.05, 0) is 30.2 Å². The van der Waals surface area contributed by atoms with Gasteiger partial charge in [0.05, 0.1) is 10.5 Å². The monoisotopic (exact) mass is 205 g/mol. The quantitative estimate of drug-likeness (QED) is 0.726. The Bertz CT molecular complexity index is 451. The van der Waals surface area contributed by atoms with Gasteiger partial charge in [-0.2, -0.15) is 0 Å². The molecule has 0 atom stereocenters. The fraction of sp³-hybridized carbons (Fsp3) is 0.250. The molecule has 2 aromatic rings. The van der Waals surface area contributed by atoms with Gasteiger partial charge in [-0.15, -0.1) is 0 Å². The molecular formula is C12H12ClN. The third-order valence-corrected chi connectivity index (χ3v) is 2.62. The number of nitrogens with zero attached hydrogens (tertiary/aromatic N) is 1. The van der Waals surface area contributed by atoms with Crippen molar-refractivity contribution in [2.24, 2.45) is 0 Å². The van der Waals surface area contributed by atoms with E-state index < -0.39 is 0 Å². The molecule has 2 rings (SSSR count).